The number of thiazole rings is 1. The van der Waals surface area contributed by atoms with E-state index >= 15 is 0 Å². The van der Waals surface area contributed by atoms with Gasteiger partial charge >= 0.3 is 0 Å². The molecule has 236 valence electrons. The maximum absolute atomic E-state index is 12.9. The first-order valence-electron chi connectivity index (χ1n) is 15.7. The SMILES string of the molecule is O=C(NS(=O)(=O)C1CCCC1)c1ccc2nc(N3C4CC(NCc5c(-c6c(Cl)cccc6Cl)noc5C5CC5)CC3C4)sc2c1. The molecular formula is C32H33Cl2N5O4S2. The molecule has 1 amide bonds. The number of piperidine rings is 1. The topological polar surface area (TPSA) is 117 Å². The van der Waals surface area contributed by atoms with E-state index in [1.165, 1.54) is 0 Å². The van der Waals surface area contributed by atoms with Gasteiger partial charge in [-0.05, 0) is 75.3 Å². The third-order valence-electron chi connectivity index (χ3n) is 9.81. The van der Waals surface area contributed by atoms with Crippen molar-refractivity contribution in [2.45, 2.75) is 93.6 Å². The number of anilines is 1. The van der Waals surface area contributed by atoms with Crippen molar-refractivity contribution in [2.75, 3.05) is 4.90 Å². The zero-order valence-electron chi connectivity index (χ0n) is 24.5. The molecule has 2 bridgehead atoms. The maximum Gasteiger partial charge on any atom is 0.264 e. The molecule has 45 heavy (non-hydrogen) atoms. The van der Waals surface area contributed by atoms with Crippen LogP contribution in [0.3, 0.4) is 0 Å². The van der Waals surface area contributed by atoms with Crippen LogP contribution in [-0.4, -0.2) is 47.8 Å². The first-order valence-corrected chi connectivity index (χ1v) is 18.8. The molecule has 2 N–H and O–H groups in total. The number of amides is 1. The summed E-state index contributed by atoms with van der Waals surface area (Å²) in [4.78, 5) is 20.2. The van der Waals surface area contributed by atoms with Gasteiger partial charge < -0.3 is 14.7 Å². The van der Waals surface area contributed by atoms with Gasteiger partial charge in [0.05, 0.1) is 25.5 Å². The van der Waals surface area contributed by atoms with Crippen molar-refractivity contribution in [1.29, 1.82) is 0 Å². The number of sulfonamides is 1. The van der Waals surface area contributed by atoms with Gasteiger partial charge in [-0.3, -0.25) is 4.79 Å². The maximum atomic E-state index is 12.9. The standard InChI is InChI=1S/C32H33Cl2N5O4S2/c33-24-6-3-7-25(34)28(24)29-23(30(43-37-29)17-8-9-17)16-35-19-13-20-15-21(14-19)39(20)32-36-26-11-10-18(12-27(26)44-32)31(40)38-45(41,42)22-4-1-2-5-22/h3,6-7,10-12,17,19-22,35H,1-2,4-5,8-9,13-16H2,(H,38,40). The van der Waals surface area contributed by atoms with Gasteiger partial charge in [-0.25, -0.2) is 18.1 Å². The first-order chi connectivity index (χ1) is 21.7. The molecule has 9 nitrogen and oxygen atoms in total. The molecule has 5 fully saturated rings. The van der Waals surface area contributed by atoms with Crippen LogP contribution in [0.25, 0.3) is 21.5 Å². The van der Waals surface area contributed by atoms with Crippen LogP contribution in [0.1, 0.15) is 85.4 Å². The summed E-state index contributed by atoms with van der Waals surface area (Å²) in [7, 11) is -3.67. The Kier molecular flexibility index (Phi) is 7.60. The summed E-state index contributed by atoms with van der Waals surface area (Å²) in [6.45, 7) is 0.638. The van der Waals surface area contributed by atoms with Crippen LogP contribution in [0.2, 0.25) is 10.0 Å². The van der Waals surface area contributed by atoms with Crippen LogP contribution < -0.4 is 14.9 Å². The Morgan fingerprint density at radius 3 is 2.47 bits per heavy atom. The van der Waals surface area contributed by atoms with E-state index in [-0.39, 0.29) is 0 Å². The van der Waals surface area contributed by atoms with Crippen LogP contribution in [0.5, 0.6) is 0 Å². The summed E-state index contributed by atoms with van der Waals surface area (Å²) in [5, 5.41) is 9.81. The Bertz CT molecular complexity index is 1870. The lowest BCUT2D eigenvalue weighted by molar-refractivity contribution is 0.0981. The summed E-state index contributed by atoms with van der Waals surface area (Å²) in [6.07, 6.45) is 8.30. The number of nitrogens with one attached hydrogen (secondary N) is 2. The Morgan fingerprint density at radius 1 is 1.02 bits per heavy atom. The highest BCUT2D eigenvalue weighted by Crippen LogP contribution is 2.47. The molecular weight excluding hydrogens is 653 g/mol. The summed E-state index contributed by atoms with van der Waals surface area (Å²) in [6, 6.07) is 11.8. The van der Waals surface area contributed by atoms with Crippen LogP contribution in [0.15, 0.2) is 40.9 Å². The first kappa shape index (κ1) is 29.7. The monoisotopic (exact) mass is 685 g/mol. The van der Waals surface area contributed by atoms with E-state index in [9.17, 15) is 13.2 Å². The molecule has 2 atom stereocenters. The Balaban J connectivity index is 0.943. The van der Waals surface area contributed by atoms with Gasteiger partial charge in [0, 0.05) is 47.3 Å². The normalized spacial score (nSPS) is 23.4. The molecule has 5 aliphatic rings. The minimum Gasteiger partial charge on any atom is -0.360 e. The Hall–Kier alpha value is -2.70. The molecule has 3 saturated carbocycles. The van der Waals surface area contributed by atoms with E-state index in [1.54, 1.807) is 23.5 Å². The molecule has 2 aromatic heterocycles. The molecule has 2 saturated heterocycles. The molecule has 3 aliphatic carbocycles. The van der Waals surface area contributed by atoms with Crippen LogP contribution in [0, 0.1) is 0 Å². The van der Waals surface area contributed by atoms with E-state index < -0.39 is 21.2 Å². The molecule has 2 aromatic carbocycles. The van der Waals surface area contributed by atoms with Gasteiger partial charge in [-0.15, -0.1) is 0 Å². The van der Waals surface area contributed by atoms with E-state index in [4.69, 9.17) is 32.7 Å². The lowest BCUT2D eigenvalue weighted by Crippen LogP contribution is -2.64. The fraction of sp³-hybridized carbons (Fsp3) is 0.469. The largest absolute Gasteiger partial charge is 0.360 e. The Morgan fingerprint density at radius 2 is 1.76 bits per heavy atom. The fourth-order valence-corrected chi connectivity index (χ4v) is 10.5. The van der Waals surface area contributed by atoms with Crippen LogP contribution in [-0.2, 0) is 16.6 Å². The number of carbonyl (C=O) groups excluding carboxylic acids is 1. The number of fused-ring (bicyclic) bond motifs is 3. The van der Waals surface area contributed by atoms with Gasteiger partial charge in [0.2, 0.25) is 10.0 Å². The summed E-state index contributed by atoms with van der Waals surface area (Å²) in [5.41, 5.74) is 3.64. The average molecular weight is 687 g/mol. The van der Waals surface area contributed by atoms with E-state index in [0.29, 0.717) is 59.0 Å². The second kappa shape index (κ2) is 11.5. The minimum atomic E-state index is -3.67. The highest BCUT2D eigenvalue weighted by molar-refractivity contribution is 7.90. The fourth-order valence-electron chi connectivity index (χ4n) is 7.31. The number of rotatable bonds is 9. The predicted molar refractivity (Wildman–Crippen MR) is 177 cm³/mol. The molecule has 4 aromatic rings. The summed E-state index contributed by atoms with van der Waals surface area (Å²) >= 11 is 14.7. The van der Waals surface area contributed by atoms with E-state index in [0.717, 1.165) is 82.9 Å². The molecule has 0 spiro atoms. The number of benzene rings is 2. The molecule has 13 heteroatoms. The third kappa shape index (κ3) is 5.54. The Labute approximate surface area is 275 Å². The number of aromatic nitrogens is 2. The minimum absolute atomic E-state index is 0.337. The molecule has 0 radical (unpaired) electrons. The van der Waals surface area contributed by atoms with Gasteiger partial charge in [0.1, 0.15) is 11.5 Å². The van der Waals surface area contributed by atoms with Crippen molar-refractivity contribution in [3.63, 3.8) is 0 Å². The molecule has 2 aliphatic heterocycles. The second-order valence-electron chi connectivity index (χ2n) is 12.8. The van der Waals surface area contributed by atoms with Gasteiger partial charge in [-0.1, -0.05) is 58.6 Å². The van der Waals surface area contributed by atoms with Gasteiger partial charge in [0.25, 0.3) is 5.91 Å². The van der Waals surface area contributed by atoms with Crippen LogP contribution >= 0.6 is 34.5 Å². The molecule has 2 unspecified atom stereocenters. The number of nitrogens with zero attached hydrogens (tertiary/aromatic N) is 3. The lowest BCUT2D eigenvalue weighted by atomic mass is 9.77. The van der Waals surface area contributed by atoms with Crippen molar-refractivity contribution in [3.8, 4) is 11.3 Å². The zero-order chi connectivity index (χ0) is 30.9. The average Bonchev–Trinajstić information content (AvgIpc) is 3.37. The lowest BCUT2D eigenvalue weighted by Gasteiger charge is -2.55. The van der Waals surface area contributed by atoms with Crippen molar-refractivity contribution in [1.82, 2.24) is 20.2 Å². The number of halogens is 2. The van der Waals surface area contributed by atoms with Crippen molar-refractivity contribution in [2.24, 2.45) is 0 Å². The van der Waals surface area contributed by atoms with Crippen molar-refractivity contribution in [3.05, 3.63) is 63.3 Å². The summed E-state index contributed by atoms with van der Waals surface area (Å²) in [5.74, 6) is 0.766. The van der Waals surface area contributed by atoms with Crippen LogP contribution in [0.4, 0.5) is 5.13 Å². The molecule has 4 heterocycles. The highest BCUT2D eigenvalue weighted by atomic mass is 35.5. The van der Waals surface area contributed by atoms with Gasteiger partial charge in [-0.2, -0.15) is 0 Å². The second-order valence-corrected chi connectivity index (χ2v) is 16.6. The number of hydrogen-bond acceptors (Lipinski definition) is 9. The van der Waals surface area contributed by atoms with Gasteiger partial charge in [0.15, 0.2) is 5.13 Å². The van der Waals surface area contributed by atoms with Crippen molar-refractivity contribution >= 4 is 65.8 Å². The third-order valence-corrected chi connectivity index (χ3v) is 13.3. The number of hydrogen-bond donors (Lipinski definition) is 2. The molecule has 9 rings (SSSR count). The zero-order valence-corrected chi connectivity index (χ0v) is 27.6. The highest BCUT2D eigenvalue weighted by Gasteiger charge is 2.46. The number of carbonyl (C=O) groups is 1. The van der Waals surface area contributed by atoms with Crippen molar-refractivity contribution < 1.29 is 17.7 Å². The quantitative estimate of drug-likeness (QED) is 0.193. The van der Waals surface area contributed by atoms with E-state index in [2.05, 4.69) is 20.1 Å². The summed E-state index contributed by atoms with van der Waals surface area (Å²) < 4.78 is 34.3. The van der Waals surface area contributed by atoms with E-state index in [1.807, 2.05) is 24.3 Å². The predicted octanol–water partition coefficient (Wildman–Crippen LogP) is 7.04. The smallest absolute Gasteiger partial charge is 0.264 e.